The molecule has 2 unspecified atom stereocenters. The molecule has 1 heterocycles. The third-order valence-corrected chi connectivity index (χ3v) is 4.29. The molecule has 0 saturated carbocycles. The molecular formula is C22H33NO8. The second-order valence-corrected chi connectivity index (χ2v) is 8.11. The Morgan fingerprint density at radius 2 is 1.84 bits per heavy atom. The molecule has 9 heteroatoms. The third-order valence-electron chi connectivity index (χ3n) is 4.29. The Labute approximate surface area is 182 Å². The number of rotatable bonds is 11. The maximum Gasteiger partial charge on any atom is 0.408 e. The topological polar surface area (TPSA) is 113 Å². The van der Waals surface area contributed by atoms with Gasteiger partial charge in [0, 0.05) is 6.61 Å². The second-order valence-electron chi connectivity index (χ2n) is 8.11. The van der Waals surface area contributed by atoms with Crippen LogP contribution in [-0.4, -0.2) is 62.1 Å². The Bertz CT molecular complexity index is 680. The fraction of sp³-hybridized carbons (Fsp3) is 0.636. The average molecular weight is 440 g/mol. The molecule has 0 aromatic heterocycles. The summed E-state index contributed by atoms with van der Waals surface area (Å²) < 4.78 is 27.3. The van der Waals surface area contributed by atoms with E-state index in [4.69, 9.17) is 23.7 Å². The summed E-state index contributed by atoms with van der Waals surface area (Å²) >= 11 is 0. The molecule has 0 aliphatic carbocycles. The lowest BCUT2D eigenvalue weighted by atomic mass is 10.1. The molecule has 0 bridgehead atoms. The number of ether oxygens (including phenoxy) is 5. The molecule has 9 nitrogen and oxygen atoms in total. The zero-order chi connectivity index (χ0) is 22.7. The number of nitrogens with one attached hydrogen (secondary N) is 1. The Kier molecular flexibility index (Phi) is 10.0. The van der Waals surface area contributed by atoms with E-state index in [0.29, 0.717) is 37.7 Å². The van der Waals surface area contributed by atoms with Crippen molar-refractivity contribution < 1.29 is 38.4 Å². The zero-order valence-corrected chi connectivity index (χ0v) is 18.4. The lowest BCUT2D eigenvalue weighted by molar-refractivity contribution is -0.169. The van der Waals surface area contributed by atoms with Crippen LogP contribution in [0.3, 0.4) is 0 Å². The van der Waals surface area contributed by atoms with Crippen molar-refractivity contribution in [1.29, 1.82) is 0 Å². The highest BCUT2D eigenvalue weighted by Gasteiger charge is 2.25. The molecule has 1 saturated heterocycles. The van der Waals surface area contributed by atoms with E-state index in [9.17, 15) is 14.7 Å². The van der Waals surface area contributed by atoms with E-state index in [-0.39, 0.29) is 6.29 Å². The minimum atomic E-state index is -1.22. The molecule has 31 heavy (non-hydrogen) atoms. The van der Waals surface area contributed by atoms with Crippen molar-refractivity contribution >= 4 is 12.1 Å². The molecular weight excluding hydrogens is 406 g/mol. The van der Waals surface area contributed by atoms with Crippen LogP contribution in [0.25, 0.3) is 0 Å². The molecule has 2 rings (SSSR count). The lowest BCUT2D eigenvalue weighted by Gasteiger charge is -2.22. The van der Waals surface area contributed by atoms with Crippen LogP contribution < -0.4 is 10.1 Å². The van der Waals surface area contributed by atoms with Gasteiger partial charge in [-0.15, -0.1) is 0 Å². The Morgan fingerprint density at radius 1 is 1.13 bits per heavy atom. The summed E-state index contributed by atoms with van der Waals surface area (Å²) in [7, 11) is 0. The summed E-state index contributed by atoms with van der Waals surface area (Å²) in [4.78, 5) is 23.5. The van der Waals surface area contributed by atoms with Crippen LogP contribution in [0.15, 0.2) is 24.3 Å². The first kappa shape index (κ1) is 24.9. The first-order chi connectivity index (χ1) is 14.7. The number of carbonyl (C=O) groups excluding carboxylic acids is 1. The Morgan fingerprint density at radius 3 is 2.45 bits per heavy atom. The number of carboxylic acid groups (broad SMARTS) is 1. The molecule has 1 fully saturated rings. The van der Waals surface area contributed by atoms with Gasteiger partial charge >= 0.3 is 12.1 Å². The fourth-order valence-electron chi connectivity index (χ4n) is 2.87. The maximum atomic E-state index is 11.9. The van der Waals surface area contributed by atoms with Gasteiger partial charge in [0.2, 0.25) is 0 Å². The van der Waals surface area contributed by atoms with Gasteiger partial charge < -0.3 is 34.1 Å². The van der Waals surface area contributed by atoms with E-state index < -0.39 is 23.7 Å². The second kappa shape index (κ2) is 12.5. The van der Waals surface area contributed by atoms with Crippen molar-refractivity contribution in [2.24, 2.45) is 0 Å². The normalized spacial score (nSPS) is 17.6. The Balaban J connectivity index is 1.68. The van der Waals surface area contributed by atoms with Crippen LogP contribution in [0, 0.1) is 0 Å². The molecule has 2 N–H and O–H groups in total. The highest BCUT2D eigenvalue weighted by atomic mass is 16.7. The van der Waals surface area contributed by atoms with Crippen molar-refractivity contribution in [2.75, 3.05) is 33.0 Å². The zero-order valence-electron chi connectivity index (χ0n) is 18.4. The number of alkyl carbamates (subject to hydrolysis) is 1. The molecule has 1 aromatic carbocycles. The van der Waals surface area contributed by atoms with Gasteiger partial charge in [0.05, 0.1) is 19.8 Å². The maximum absolute atomic E-state index is 11.9. The molecule has 1 amide bonds. The fourth-order valence-corrected chi connectivity index (χ4v) is 2.87. The van der Waals surface area contributed by atoms with E-state index in [1.165, 1.54) is 0 Å². The van der Waals surface area contributed by atoms with Gasteiger partial charge in [0.1, 0.15) is 18.0 Å². The molecule has 2 atom stereocenters. The first-order valence-corrected chi connectivity index (χ1v) is 10.5. The van der Waals surface area contributed by atoms with Crippen LogP contribution in [0.4, 0.5) is 4.79 Å². The largest absolute Gasteiger partial charge is 0.491 e. The average Bonchev–Trinajstić information content (AvgIpc) is 2.71. The van der Waals surface area contributed by atoms with Crippen molar-refractivity contribution in [1.82, 2.24) is 5.32 Å². The van der Waals surface area contributed by atoms with E-state index in [2.05, 4.69) is 5.32 Å². The predicted octanol–water partition coefficient (Wildman–Crippen LogP) is 3.28. The van der Waals surface area contributed by atoms with Crippen molar-refractivity contribution in [3.8, 4) is 5.75 Å². The highest BCUT2D eigenvalue weighted by Crippen LogP contribution is 2.19. The van der Waals surface area contributed by atoms with Gasteiger partial charge in [-0.1, -0.05) is 12.1 Å². The number of carbonyl (C=O) groups is 2. The summed E-state index contributed by atoms with van der Waals surface area (Å²) in [5, 5.41) is 11.8. The van der Waals surface area contributed by atoms with E-state index >= 15 is 0 Å². The van der Waals surface area contributed by atoms with E-state index in [1.54, 1.807) is 45.0 Å². The number of carboxylic acids is 1. The van der Waals surface area contributed by atoms with E-state index in [0.717, 1.165) is 25.9 Å². The van der Waals surface area contributed by atoms with Crippen molar-refractivity contribution in [2.45, 2.75) is 58.0 Å². The van der Waals surface area contributed by atoms with Gasteiger partial charge in [-0.05, 0) is 57.7 Å². The van der Waals surface area contributed by atoms with Crippen molar-refractivity contribution in [3.05, 3.63) is 29.8 Å². The summed E-state index contributed by atoms with van der Waals surface area (Å²) in [5.74, 6) is -0.616. The van der Waals surface area contributed by atoms with Gasteiger partial charge in [0.15, 0.2) is 12.3 Å². The predicted molar refractivity (Wildman–Crippen MR) is 112 cm³/mol. The molecule has 0 spiro atoms. The Hall–Kier alpha value is -2.36. The number of benzene rings is 1. The molecule has 0 radical (unpaired) electrons. The number of amides is 1. The molecule has 1 aromatic rings. The van der Waals surface area contributed by atoms with Gasteiger partial charge in [-0.2, -0.15) is 0 Å². The number of hydrogen-bond donors (Lipinski definition) is 2. The summed E-state index contributed by atoms with van der Waals surface area (Å²) in [6.07, 6.45) is 2.23. The van der Waals surface area contributed by atoms with Crippen LogP contribution in [0.2, 0.25) is 0 Å². The smallest absolute Gasteiger partial charge is 0.408 e. The first-order valence-electron chi connectivity index (χ1n) is 10.5. The van der Waals surface area contributed by atoms with Gasteiger partial charge in [-0.3, -0.25) is 0 Å². The van der Waals surface area contributed by atoms with Gasteiger partial charge in [-0.25, -0.2) is 9.59 Å². The molecule has 1 aliphatic heterocycles. The SMILES string of the molecule is CC(C)(C)OC(=O)NC(C(=O)O)c1ccc(OCCOCCOC2CCCCO2)cc1. The monoisotopic (exact) mass is 439 g/mol. The minimum absolute atomic E-state index is 0.119. The minimum Gasteiger partial charge on any atom is -0.491 e. The molecule has 1 aliphatic rings. The highest BCUT2D eigenvalue weighted by molar-refractivity contribution is 5.81. The summed E-state index contributed by atoms with van der Waals surface area (Å²) in [6, 6.07) is 5.24. The summed E-state index contributed by atoms with van der Waals surface area (Å²) in [5.41, 5.74) is -0.313. The van der Waals surface area contributed by atoms with Crippen molar-refractivity contribution in [3.63, 3.8) is 0 Å². The van der Waals surface area contributed by atoms with Crippen LogP contribution in [0.1, 0.15) is 51.6 Å². The third kappa shape index (κ3) is 9.99. The van der Waals surface area contributed by atoms with Crippen LogP contribution >= 0.6 is 0 Å². The van der Waals surface area contributed by atoms with E-state index in [1.807, 2.05) is 0 Å². The quantitative estimate of drug-likeness (QED) is 0.505. The number of hydrogen-bond acceptors (Lipinski definition) is 7. The van der Waals surface area contributed by atoms with Crippen LogP contribution in [0.5, 0.6) is 5.75 Å². The lowest BCUT2D eigenvalue weighted by Crippen LogP contribution is -2.38. The number of aliphatic carboxylic acids is 1. The van der Waals surface area contributed by atoms with Crippen LogP contribution in [-0.2, 0) is 23.7 Å². The standard InChI is InChI=1S/C22H33NO8/c1-22(2,3)31-21(26)23-19(20(24)25)16-7-9-17(10-8-16)28-14-12-27-13-15-30-18-6-4-5-11-29-18/h7-10,18-19H,4-6,11-15H2,1-3H3,(H,23,26)(H,24,25). The molecule has 174 valence electrons. The summed E-state index contributed by atoms with van der Waals surface area (Å²) in [6.45, 7) is 7.54. The van der Waals surface area contributed by atoms with Gasteiger partial charge in [0.25, 0.3) is 0 Å².